The Morgan fingerprint density at radius 1 is 1.00 bits per heavy atom. The molecular formula is C25H34N2O6S. The molecule has 0 aromatic heterocycles. The Labute approximate surface area is 202 Å². The maximum Gasteiger partial charge on any atom is 0.255 e. The summed E-state index contributed by atoms with van der Waals surface area (Å²) in [5.74, 6) is 0.764. The molecule has 0 saturated carbocycles. The minimum Gasteiger partial charge on any atom is -0.490 e. The molecule has 1 saturated heterocycles. The van der Waals surface area contributed by atoms with E-state index in [0.717, 1.165) is 12.8 Å². The Morgan fingerprint density at radius 3 is 2.29 bits per heavy atom. The van der Waals surface area contributed by atoms with E-state index in [2.05, 4.69) is 5.32 Å². The van der Waals surface area contributed by atoms with Crippen molar-refractivity contribution in [1.29, 1.82) is 0 Å². The normalized spacial score (nSPS) is 18.9. The number of carbonyl (C=O) groups excluding carboxylic acids is 1. The first-order valence-electron chi connectivity index (χ1n) is 11.7. The number of nitrogens with one attached hydrogen (secondary N) is 1. The highest BCUT2D eigenvalue weighted by Crippen LogP contribution is 2.31. The average Bonchev–Trinajstić information content (AvgIpc) is 2.81. The van der Waals surface area contributed by atoms with Gasteiger partial charge in [-0.2, -0.15) is 4.31 Å². The summed E-state index contributed by atoms with van der Waals surface area (Å²) in [6.45, 7) is 9.37. The summed E-state index contributed by atoms with van der Waals surface area (Å²) in [6, 6.07) is 11.3. The number of hydrogen-bond acceptors (Lipinski definition) is 6. The summed E-state index contributed by atoms with van der Waals surface area (Å²) in [5, 5.41) is 2.83. The number of rotatable bonds is 10. The number of benzene rings is 2. The molecule has 34 heavy (non-hydrogen) atoms. The van der Waals surface area contributed by atoms with Crippen molar-refractivity contribution in [2.45, 2.75) is 57.6 Å². The minimum absolute atomic E-state index is 0.0803. The summed E-state index contributed by atoms with van der Waals surface area (Å²) < 4.78 is 45.0. The van der Waals surface area contributed by atoms with E-state index in [4.69, 9.17) is 14.2 Å². The molecule has 3 rings (SSSR count). The molecule has 0 radical (unpaired) electrons. The van der Waals surface area contributed by atoms with Gasteiger partial charge >= 0.3 is 0 Å². The van der Waals surface area contributed by atoms with Gasteiger partial charge in [-0.25, -0.2) is 8.42 Å². The fourth-order valence-electron chi connectivity index (χ4n) is 3.72. The van der Waals surface area contributed by atoms with Crippen LogP contribution in [-0.2, 0) is 14.8 Å². The van der Waals surface area contributed by atoms with Gasteiger partial charge in [-0.3, -0.25) is 4.79 Å². The predicted molar refractivity (Wildman–Crippen MR) is 131 cm³/mol. The van der Waals surface area contributed by atoms with Crippen molar-refractivity contribution >= 4 is 21.6 Å². The first-order valence-corrected chi connectivity index (χ1v) is 13.1. The van der Waals surface area contributed by atoms with E-state index < -0.39 is 15.9 Å². The molecule has 2 aromatic rings. The van der Waals surface area contributed by atoms with Crippen LogP contribution >= 0.6 is 0 Å². The van der Waals surface area contributed by atoms with Crippen LogP contribution in [0.4, 0.5) is 5.69 Å². The number of carbonyl (C=O) groups is 1. The van der Waals surface area contributed by atoms with Crippen LogP contribution in [0.15, 0.2) is 47.4 Å². The van der Waals surface area contributed by atoms with Crippen molar-refractivity contribution < 1.29 is 27.4 Å². The van der Waals surface area contributed by atoms with Gasteiger partial charge in [-0.05, 0) is 57.0 Å². The molecule has 1 amide bonds. The highest BCUT2D eigenvalue weighted by atomic mass is 32.2. The number of nitrogens with zero attached hydrogens (tertiary/aromatic N) is 1. The van der Waals surface area contributed by atoms with Crippen LogP contribution in [0.2, 0.25) is 0 Å². The van der Waals surface area contributed by atoms with E-state index in [9.17, 15) is 13.2 Å². The van der Waals surface area contributed by atoms with E-state index in [0.29, 0.717) is 30.4 Å². The number of sulfonamides is 1. The molecule has 2 atom stereocenters. The second kappa shape index (κ2) is 11.7. The van der Waals surface area contributed by atoms with Crippen molar-refractivity contribution in [2.75, 3.05) is 31.6 Å². The molecule has 0 bridgehead atoms. The van der Waals surface area contributed by atoms with Crippen molar-refractivity contribution in [2.24, 2.45) is 0 Å². The van der Waals surface area contributed by atoms with E-state index >= 15 is 0 Å². The van der Waals surface area contributed by atoms with E-state index in [1.807, 2.05) is 27.7 Å². The molecule has 1 N–H and O–H groups in total. The number of ether oxygens (including phenoxy) is 3. The third kappa shape index (κ3) is 6.49. The Bertz CT molecular complexity index is 1080. The highest BCUT2D eigenvalue weighted by Gasteiger charge is 2.32. The molecule has 2 aromatic carbocycles. The van der Waals surface area contributed by atoms with Crippen LogP contribution in [0.25, 0.3) is 0 Å². The predicted octanol–water partition coefficient (Wildman–Crippen LogP) is 4.31. The van der Waals surface area contributed by atoms with Gasteiger partial charge < -0.3 is 19.5 Å². The molecule has 1 heterocycles. The van der Waals surface area contributed by atoms with Crippen molar-refractivity contribution in [3.8, 4) is 11.5 Å². The Morgan fingerprint density at radius 2 is 1.65 bits per heavy atom. The maximum atomic E-state index is 13.2. The Balaban J connectivity index is 1.79. The molecule has 186 valence electrons. The zero-order chi connectivity index (χ0) is 24.7. The fourth-order valence-corrected chi connectivity index (χ4v) is 5.36. The zero-order valence-electron chi connectivity index (χ0n) is 20.2. The highest BCUT2D eigenvalue weighted by molar-refractivity contribution is 7.89. The molecular weight excluding hydrogens is 456 g/mol. The fraction of sp³-hybridized carbons (Fsp3) is 0.480. The number of hydrogen-bond donors (Lipinski definition) is 1. The minimum atomic E-state index is -3.75. The third-order valence-electron chi connectivity index (χ3n) is 5.25. The molecule has 8 nitrogen and oxygen atoms in total. The van der Waals surface area contributed by atoms with Gasteiger partial charge in [0.15, 0.2) is 11.5 Å². The SMILES string of the molecule is CCCOc1ccc(NC(=O)c2cccc(S(=O)(=O)N3CC(C)OC(C)C3)c2)cc1OCCC. The first-order chi connectivity index (χ1) is 16.2. The first kappa shape index (κ1) is 26.0. The smallest absolute Gasteiger partial charge is 0.255 e. The lowest BCUT2D eigenvalue weighted by atomic mass is 10.2. The summed E-state index contributed by atoms with van der Waals surface area (Å²) in [6.07, 6.45) is 1.32. The second-order valence-corrected chi connectivity index (χ2v) is 10.4. The van der Waals surface area contributed by atoms with E-state index in [1.165, 1.54) is 16.4 Å². The standard InChI is InChI=1S/C25H34N2O6S/c1-5-12-31-23-11-10-21(15-24(23)32-13-6-2)26-25(28)20-8-7-9-22(14-20)34(29,30)27-16-18(3)33-19(4)17-27/h7-11,14-15,18-19H,5-6,12-13,16-17H2,1-4H3,(H,26,28). The Hall–Kier alpha value is -2.62. The lowest BCUT2D eigenvalue weighted by molar-refractivity contribution is -0.0440. The van der Waals surface area contributed by atoms with Gasteiger partial charge in [0.25, 0.3) is 5.91 Å². The molecule has 0 spiro atoms. The van der Waals surface area contributed by atoms with Crippen molar-refractivity contribution in [3.05, 3.63) is 48.0 Å². The van der Waals surface area contributed by atoms with Crippen molar-refractivity contribution in [3.63, 3.8) is 0 Å². The lowest BCUT2D eigenvalue weighted by Crippen LogP contribution is -2.48. The Kier molecular flexibility index (Phi) is 8.93. The van der Waals surface area contributed by atoms with Gasteiger partial charge in [-0.1, -0.05) is 19.9 Å². The lowest BCUT2D eigenvalue weighted by Gasteiger charge is -2.34. The molecule has 1 aliphatic rings. The average molecular weight is 491 g/mol. The van der Waals surface area contributed by atoms with Gasteiger partial charge in [0, 0.05) is 30.4 Å². The van der Waals surface area contributed by atoms with E-state index in [1.54, 1.807) is 30.3 Å². The van der Waals surface area contributed by atoms with Crippen LogP contribution < -0.4 is 14.8 Å². The van der Waals surface area contributed by atoms with Crippen LogP contribution in [0.3, 0.4) is 0 Å². The molecule has 9 heteroatoms. The molecule has 0 aliphatic carbocycles. The largest absolute Gasteiger partial charge is 0.490 e. The van der Waals surface area contributed by atoms with Crippen LogP contribution in [0.1, 0.15) is 50.9 Å². The quantitative estimate of drug-likeness (QED) is 0.533. The zero-order valence-corrected chi connectivity index (χ0v) is 21.1. The second-order valence-electron chi connectivity index (χ2n) is 8.42. The monoisotopic (exact) mass is 490 g/mol. The van der Waals surface area contributed by atoms with E-state index in [-0.39, 0.29) is 35.8 Å². The number of anilines is 1. The number of morpholine rings is 1. The van der Waals surface area contributed by atoms with Gasteiger partial charge in [0.1, 0.15) is 0 Å². The summed E-state index contributed by atoms with van der Waals surface area (Å²) >= 11 is 0. The topological polar surface area (TPSA) is 94.2 Å². The van der Waals surface area contributed by atoms with Crippen molar-refractivity contribution in [1.82, 2.24) is 4.31 Å². The number of amides is 1. The van der Waals surface area contributed by atoms with Gasteiger partial charge in [-0.15, -0.1) is 0 Å². The maximum absolute atomic E-state index is 13.2. The summed E-state index contributed by atoms with van der Waals surface area (Å²) in [4.78, 5) is 13.0. The summed E-state index contributed by atoms with van der Waals surface area (Å²) in [7, 11) is -3.75. The molecule has 1 aliphatic heterocycles. The van der Waals surface area contributed by atoms with Crippen LogP contribution in [0.5, 0.6) is 11.5 Å². The van der Waals surface area contributed by atoms with Crippen LogP contribution in [0, 0.1) is 0 Å². The van der Waals surface area contributed by atoms with Crippen LogP contribution in [-0.4, -0.2) is 57.1 Å². The van der Waals surface area contributed by atoms with Gasteiger partial charge in [0.2, 0.25) is 10.0 Å². The summed E-state index contributed by atoms with van der Waals surface area (Å²) in [5.41, 5.74) is 0.779. The molecule has 1 fully saturated rings. The third-order valence-corrected chi connectivity index (χ3v) is 7.07. The van der Waals surface area contributed by atoms with Gasteiger partial charge in [0.05, 0.1) is 30.3 Å². The molecule has 2 unspecified atom stereocenters.